The normalized spacial score (nSPS) is 11.0. The first-order chi connectivity index (χ1) is 7.48. The number of methoxy groups -OCH3 is 1. The second-order valence-electron chi connectivity index (χ2n) is 4.20. The fraction of sp³-hybridized carbons (Fsp3) is 0.417. The first-order valence-corrected chi connectivity index (χ1v) is 5.54. The SMILES string of the molecule is COc1cccc(C(=O)NC(C)(C)CCl)c1. The van der Waals surface area contributed by atoms with Crippen LogP contribution in [-0.4, -0.2) is 24.4 Å². The Hall–Kier alpha value is -1.22. The zero-order valence-electron chi connectivity index (χ0n) is 9.71. The van der Waals surface area contributed by atoms with Gasteiger partial charge in [0.05, 0.1) is 7.11 Å². The highest BCUT2D eigenvalue weighted by Gasteiger charge is 2.19. The Morgan fingerprint density at radius 3 is 2.75 bits per heavy atom. The van der Waals surface area contributed by atoms with Crippen LogP contribution in [0.5, 0.6) is 5.75 Å². The van der Waals surface area contributed by atoms with Crippen LogP contribution < -0.4 is 10.1 Å². The van der Waals surface area contributed by atoms with Crippen LogP contribution in [0.2, 0.25) is 0 Å². The topological polar surface area (TPSA) is 38.3 Å². The van der Waals surface area contributed by atoms with Crippen LogP contribution >= 0.6 is 11.6 Å². The number of halogens is 1. The third-order valence-electron chi connectivity index (χ3n) is 2.12. The maximum absolute atomic E-state index is 11.9. The molecule has 88 valence electrons. The summed E-state index contributed by atoms with van der Waals surface area (Å²) >= 11 is 5.74. The van der Waals surface area contributed by atoms with Crippen LogP contribution in [0.1, 0.15) is 24.2 Å². The van der Waals surface area contributed by atoms with E-state index in [1.54, 1.807) is 31.4 Å². The molecule has 0 heterocycles. The predicted octanol–water partition coefficient (Wildman–Crippen LogP) is 2.44. The lowest BCUT2D eigenvalue weighted by Crippen LogP contribution is -2.44. The summed E-state index contributed by atoms with van der Waals surface area (Å²) < 4.78 is 5.06. The van der Waals surface area contributed by atoms with Crippen LogP contribution in [-0.2, 0) is 0 Å². The molecule has 0 unspecified atom stereocenters. The molecule has 3 nitrogen and oxygen atoms in total. The average molecular weight is 242 g/mol. The minimum atomic E-state index is -0.415. The van der Waals surface area contributed by atoms with E-state index in [1.165, 1.54) is 0 Å². The highest BCUT2D eigenvalue weighted by molar-refractivity contribution is 6.18. The molecule has 0 bridgehead atoms. The lowest BCUT2D eigenvalue weighted by atomic mass is 10.1. The first kappa shape index (κ1) is 12.8. The van der Waals surface area contributed by atoms with Gasteiger partial charge in [0.15, 0.2) is 0 Å². The third kappa shape index (κ3) is 3.42. The summed E-state index contributed by atoms with van der Waals surface area (Å²) in [6.45, 7) is 3.75. The molecule has 0 fully saturated rings. The molecule has 1 aromatic rings. The molecule has 4 heteroatoms. The van der Waals surface area contributed by atoms with Crippen LogP contribution in [0.15, 0.2) is 24.3 Å². The monoisotopic (exact) mass is 241 g/mol. The Bertz CT molecular complexity index is 377. The predicted molar refractivity (Wildman–Crippen MR) is 65.3 cm³/mol. The van der Waals surface area contributed by atoms with Gasteiger partial charge in [-0.2, -0.15) is 0 Å². The van der Waals surface area contributed by atoms with Crippen molar-refractivity contribution in [2.75, 3.05) is 13.0 Å². The van der Waals surface area contributed by atoms with E-state index in [9.17, 15) is 4.79 Å². The van der Waals surface area contributed by atoms with Crippen molar-refractivity contribution in [2.24, 2.45) is 0 Å². The smallest absolute Gasteiger partial charge is 0.251 e. The van der Waals surface area contributed by atoms with E-state index in [4.69, 9.17) is 16.3 Å². The summed E-state index contributed by atoms with van der Waals surface area (Å²) in [5.74, 6) is 0.879. The highest BCUT2D eigenvalue weighted by Crippen LogP contribution is 2.14. The number of hydrogen-bond donors (Lipinski definition) is 1. The van der Waals surface area contributed by atoms with Crippen LogP contribution in [0.25, 0.3) is 0 Å². The summed E-state index contributed by atoms with van der Waals surface area (Å²) in [4.78, 5) is 11.9. The van der Waals surface area contributed by atoms with E-state index >= 15 is 0 Å². The molecule has 1 rings (SSSR count). The Labute approximate surface area is 101 Å². The number of alkyl halides is 1. The Balaban J connectivity index is 2.80. The van der Waals surface area contributed by atoms with E-state index in [2.05, 4.69) is 5.32 Å². The van der Waals surface area contributed by atoms with E-state index in [1.807, 2.05) is 13.8 Å². The molecule has 0 aliphatic rings. The van der Waals surface area contributed by atoms with E-state index < -0.39 is 5.54 Å². The van der Waals surface area contributed by atoms with Gasteiger partial charge < -0.3 is 10.1 Å². The van der Waals surface area contributed by atoms with Crippen molar-refractivity contribution in [3.05, 3.63) is 29.8 Å². The number of carbonyl (C=O) groups excluding carboxylic acids is 1. The molecular formula is C12H16ClNO2. The van der Waals surface area contributed by atoms with Crippen LogP contribution in [0, 0.1) is 0 Å². The van der Waals surface area contributed by atoms with Crippen molar-refractivity contribution in [3.63, 3.8) is 0 Å². The van der Waals surface area contributed by atoms with Gasteiger partial charge in [-0.25, -0.2) is 0 Å². The van der Waals surface area contributed by atoms with Crippen molar-refractivity contribution < 1.29 is 9.53 Å². The van der Waals surface area contributed by atoms with Crippen molar-refractivity contribution in [2.45, 2.75) is 19.4 Å². The van der Waals surface area contributed by atoms with Crippen LogP contribution in [0.4, 0.5) is 0 Å². The molecule has 0 radical (unpaired) electrons. The molecule has 0 aliphatic heterocycles. The summed E-state index contributed by atoms with van der Waals surface area (Å²) in [7, 11) is 1.57. The molecule has 0 spiro atoms. The van der Waals surface area contributed by atoms with E-state index in [0.29, 0.717) is 17.2 Å². The molecule has 0 atom stereocenters. The van der Waals surface area contributed by atoms with Crippen molar-refractivity contribution in [1.29, 1.82) is 0 Å². The number of ether oxygens (including phenoxy) is 1. The maximum atomic E-state index is 11.9. The minimum Gasteiger partial charge on any atom is -0.497 e. The molecule has 0 aromatic heterocycles. The molecular weight excluding hydrogens is 226 g/mol. The van der Waals surface area contributed by atoms with Crippen molar-refractivity contribution >= 4 is 17.5 Å². The van der Waals surface area contributed by atoms with E-state index in [0.717, 1.165) is 0 Å². The van der Waals surface area contributed by atoms with Gasteiger partial charge >= 0.3 is 0 Å². The minimum absolute atomic E-state index is 0.149. The third-order valence-corrected chi connectivity index (χ3v) is 2.79. The summed E-state index contributed by atoms with van der Waals surface area (Å²) in [5.41, 5.74) is 0.152. The van der Waals surface area contributed by atoms with E-state index in [-0.39, 0.29) is 5.91 Å². The number of carbonyl (C=O) groups is 1. The fourth-order valence-corrected chi connectivity index (χ4v) is 1.24. The van der Waals surface area contributed by atoms with Gasteiger partial charge in [0, 0.05) is 17.0 Å². The van der Waals surface area contributed by atoms with Gasteiger partial charge in [0.25, 0.3) is 5.91 Å². The average Bonchev–Trinajstić information content (AvgIpc) is 2.28. The summed E-state index contributed by atoms with van der Waals surface area (Å²) in [6, 6.07) is 7.01. The molecule has 0 saturated carbocycles. The van der Waals surface area contributed by atoms with Crippen LogP contribution in [0.3, 0.4) is 0 Å². The van der Waals surface area contributed by atoms with Gasteiger partial charge in [-0.15, -0.1) is 11.6 Å². The van der Waals surface area contributed by atoms with Gasteiger partial charge in [0.2, 0.25) is 0 Å². The number of nitrogens with one attached hydrogen (secondary N) is 1. The second-order valence-corrected chi connectivity index (χ2v) is 4.47. The lowest BCUT2D eigenvalue weighted by molar-refractivity contribution is 0.0920. The molecule has 0 aliphatic carbocycles. The van der Waals surface area contributed by atoms with Gasteiger partial charge in [-0.1, -0.05) is 6.07 Å². The Morgan fingerprint density at radius 1 is 1.50 bits per heavy atom. The van der Waals surface area contributed by atoms with Gasteiger partial charge in [-0.05, 0) is 32.0 Å². The van der Waals surface area contributed by atoms with Crippen molar-refractivity contribution in [1.82, 2.24) is 5.32 Å². The molecule has 1 N–H and O–H groups in total. The quantitative estimate of drug-likeness (QED) is 0.823. The standard InChI is InChI=1S/C12H16ClNO2/c1-12(2,8-13)14-11(15)9-5-4-6-10(7-9)16-3/h4-7H,8H2,1-3H3,(H,14,15). The molecule has 1 aromatic carbocycles. The molecule has 16 heavy (non-hydrogen) atoms. The van der Waals surface area contributed by atoms with Gasteiger partial charge in [-0.3, -0.25) is 4.79 Å². The number of amides is 1. The number of benzene rings is 1. The maximum Gasteiger partial charge on any atom is 0.251 e. The zero-order valence-corrected chi connectivity index (χ0v) is 10.5. The zero-order chi connectivity index (χ0) is 12.2. The lowest BCUT2D eigenvalue weighted by Gasteiger charge is -2.23. The summed E-state index contributed by atoms with van der Waals surface area (Å²) in [6.07, 6.45) is 0. The number of hydrogen-bond acceptors (Lipinski definition) is 2. The fourth-order valence-electron chi connectivity index (χ4n) is 1.18. The highest BCUT2D eigenvalue weighted by atomic mass is 35.5. The second kappa shape index (κ2) is 5.21. The summed E-state index contributed by atoms with van der Waals surface area (Å²) in [5, 5.41) is 2.85. The largest absolute Gasteiger partial charge is 0.497 e. The van der Waals surface area contributed by atoms with Gasteiger partial charge in [0.1, 0.15) is 5.75 Å². The van der Waals surface area contributed by atoms with Crippen molar-refractivity contribution in [3.8, 4) is 5.75 Å². The molecule has 0 saturated heterocycles. The Morgan fingerprint density at radius 2 is 2.19 bits per heavy atom. The number of rotatable bonds is 4. The first-order valence-electron chi connectivity index (χ1n) is 5.01. The molecule has 1 amide bonds. The Kier molecular flexibility index (Phi) is 4.19.